The maximum atomic E-state index is 12.7. The van der Waals surface area contributed by atoms with E-state index in [-0.39, 0.29) is 18.0 Å². The van der Waals surface area contributed by atoms with Crippen LogP contribution in [0.4, 0.5) is 13.2 Å². The number of alkyl halides is 3. The smallest absolute Gasteiger partial charge is 0.475 e. The number of nitrogens with two attached hydrogens (primary N) is 1. The molecule has 1 saturated carbocycles. The van der Waals surface area contributed by atoms with E-state index in [2.05, 4.69) is 4.98 Å². The predicted molar refractivity (Wildman–Crippen MR) is 99.3 cm³/mol. The highest BCUT2D eigenvalue weighted by molar-refractivity contribution is 6.31. The zero-order valence-corrected chi connectivity index (χ0v) is 15.8. The lowest BCUT2D eigenvalue weighted by atomic mass is 9.90. The molecule has 3 rings (SSSR count). The number of amides is 1. The Hall–Kier alpha value is -2.26. The van der Waals surface area contributed by atoms with Gasteiger partial charge in [-0.25, -0.2) is 4.79 Å². The lowest BCUT2D eigenvalue weighted by Crippen LogP contribution is -2.50. The minimum Gasteiger partial charge on any atom is -0.475 e. The van der Waals surface area contributed by atoms with Crippen molar-refractivity contribution >= 4 is 34.4 Å². The molecular formula is C18H21ClF3N3O3. The van der Waals surface area contributed by atoms with Crippen molar-refractivity contribution in [2.45, 2.75) is 43.9 Å². The lowest BCUT2D eigenvalue weighted by Gasteiger charge is -2.35. The second-order valence-corrected chi connectivity index (χ2v) is 7.09. The number of H-pyrrole nitrogens is 1. The number of carbonyl (C=O) groups is 2. The van der Waals surface area contributed by atoms with Crippen LogP contribution in [0.5, 0.6) is 0 Å². The van der Waals surface area contributed by atoms with Crippen molar-refractivity contribution in [2.75, 3.05) is 7.05 Å². The molecule has 0 radical (unpaired) electrons. The number of nitrogens with one attached hydrogen (secondary N) is 1. The molecule has 28 heavy (non-hydrogen) atoms. The van der Waals surface area contributed by atoms with Crippen LogP contribution in [0.25, 0.3) is 10.9 Å². The SMILES string of the molecule is CN(C(=O)c1cc2cc(Cl)ccc2[nH]1)[C@H]1CCCC[C@H]1N.O=C(O)C(F)(F)F. The zero-order valence-electron chi connectivity index (χ0n) is 15.1. The molecule has 6 nitrogen and oxygen atoms in total. The molecule has 2 aromatic rings. The van der Waals surface area contributed by atoms with Crippen LogP contribution in [-0.4, -0.2) is 52.2 Å². The fraction of sp³-hybridized carbons (Fsp3) is 0.444. The number of benzene rings is 1. The van der Waals surface area contributed by atoms with E-state index in [4.69, 9.17) is 27.2 Å². The van der Waals surface area contributed by atoms with Gasteiger partial charge in [0.25, 0.3) is 5.91 Å². The van der Waals surface area contributed by atoms with E-state index in [1.54, 1.807) is 4.90 Å². The number of aromatic nitrogens is 1. The fourth-order valence-electron chi connectivity index (χ4n) is 3.18. The van der Waals surface area contributed by atoms with E-state index < -0.39 is 12.1 Å². The Morgan fingerprint density at radius 3 is 2.43 bits per heavy atom. The highest BCUT2D eigenvalue weighted by atomic mass is 35.5. The molecule has 0 saturated heterocycles. The van der Waals surface area contributed by atoms with Crippen molar-refractivity contribution in [1.82, 2.24) is 9.88 Å². The highest BCUT2D eigenvalue weighted by Crippen LogP contribution is 2.24. The predicted octanol–water partition coefficient (Wildman–Crippen LogP) is 3.80. The average molecular weight is 420 g/mol. The molecule has 1 fully saturated rings. The number of halogens is 4. The lowest BCUT2D eigenvalue weighted by molar-refractivity contribution is -0.192. The quantitative estimate of drug-likeness (QED) is 0.689. The molecular weight excluding hydrogens is 399 g/mol. The number of aliphatic carboxylic acids is 1. The summed E-state index contributed by atoms with van der Waals surface area (Å²) in [6, 6.07) is 7.62. The van der Waals surface area contributed by atoms with Gasteiger partial charge in [-0.1, -0.05) is 24.4 Å². The van der Waals surface area contributed by atoms with Crippen LogP contribution in [0.1, 0.15) is 36.2 Å². The van der Waals surface area contributed by atoms with Gasteiger partial charge in [-0.3, -0.25) is 4.79 Å². The van der Waals surface area contributed by atoms with E-state index in [1.807, 2.05) is 31.3 Å². The van der Waals surface area contributed by atoms with Crippen molar-refractivity contribution in [3.05, 3.63) is 35.0 Å². The number of likely N-dealkylation sites (N-methyl/N-ethyl adjacent to an activating group) is 1. The first-order chi connectivity index (χ1) is 13.0. The second kappa shape index (κ2) is 8.83. The summed E-state index contributed by atoms with van der Waals surface area (Å²) in [6.07, 6.45) is -0.817. The standard InChI is InChI=1S/C16H20ClN3O.C2HF3O2/c1-20(15-5-3-2-4-12(15)18)16(21)14-9-10-8-11(17)6-7-13(10)19-14;3-2(4,5)1(6)7/h6-9,12,15,19H,2-5,18H2,1H3;(H,6,7)/t12-,15+;/m1./s1. The number of nitrogens with zero attached hydrogens (tertiary/aromatic N) is 1. The van der Waals surface area contributed by atoms with Gasteiger partial charge >= 0.3 is 12.1 Å². The molecule has 2 atom stereocenters. The number of carbonyl (C=O) groups excluding carboxylic acids is 1. The van der Waals surface area contributed by atoms with Crippen molar-refractivity contribution in [2.24, 2.45) is 5.73 Å². The zero-order chi connectivity index (χ0) is 21.1. The normalized spacial score (nSPS) is 19.6. The van der Waals surface area contributed by atoms with Crippen LogP contribution < -0.4 is 5.73 Å². The first-order valence-corrected chi connectivity index (χ1v) is 8.99. The van der Waals surface area contributed by atoms with E-state index in [0.717, 1.165) is 36.6 Å². The Bertz CT molecular complexity index is 853. The van der Waals surface area contributed by atoms with Gasteiger partial charge in [0.2, 0.25) is 0 Å². The van der Waals surface area contributed by atoms with Gasteiger partial charge in [-0.05, 0) is 37.1 Å². The summed E-state index contributed by atoms with van der Waals surface area (Å²) in [6.45, 7) is 0. The van der Waals surface area contributed by atoms with Crippen LogP contribution in [0.2, 0.25) is 5.02 Å². The fourth-order valence-corrected chi connectivity index (χ4v) is 3.36. The summed E-state index contributed by atoms with van der Waals surface area (Å²) in [5, 5.41) is 8.75. The van der Waals surface area contributed by atoms with E-state index >= 15 is 0 Å². The first-order valence-electron chi connectivity index (χ1n) is 8.62. The molecule has 154 valence electrons. The van der Waals surface area contributed by atoms with Gasteiger partial charge in [0.05, 0.1) is 0 Å². The minimum absolute atomic E-state index is 0.00956. The summed E-state index contributed by atoms with van der Waals surface area (Å²) >= 11 is 5.99. The van der Waals surface area contributed by atoms with E-state index in [1.165, 1.54) is 0 Å². The molecule has 1 amide bonds. The largest absolute Gasteiger partial charge is 0.490 e. The van der Waals surface area contributed by atoms with Gasteiger partial charge in [-0.15, -0.1) is 0 Å². The molecule has 1 aromatic carbocycles. The number of carboxylic acids is 1. The van der Waals surface area contributed by atoms with Crippen LogP contribution in [0.3, 0.4) is 0 Å². The summed E-state index contributed by atoms with van der Waals surface area (Å²) in [5.74, 6) is -2.77. The topological polar surface area (TPSA) is 99.4 Å². The van der Waals surface area contributed by atoms with Crippen LogP contribution >= 0.6 is 11.6 Å². The molecule has 1 aliphatic carbocycles. The molecule has 0 bridgehead atoms. The van der Waals surface area contributed by atoms with Gasteiger partial charge in [-0.2, -0.15) is 13.2 Å². The number of carboxylic acid groups (broad SMARTS) is 1. The summed E-state index contributed by atoms with van der Waals surface area (Å²) in [4.78, 5) is 26.5. The van der Waals surface area contributed by atoms with Crippen molar-refractivity contribution in [3.8, 4) is 0 Å². The molecule has 0 unspecified atom stereocenters. The number of rotatable bonds is 2. The number of fused-ring (bicyclic) bond motifs is 1. The third-order valence-corrected chi connectivity index (χ3v) is 4.89. The average Bonchev–Trinajstić information content (AvgIpc) is 3.03. The second-order valence-electron chi connectivity index (χ2n) is 6.65. The Morgan fingerprint density at radius 2 is 1.86 bits per heavy atom. The summed E-state index contributed by atoms with van der Waals surface area (Å²) in [5.41, 5.74) is 7.68. The first kappa shape index (κ1) is 22.0. The van der Waals surface area contributed by atoms with Crippen molar-refractivity contribution < 1.29 is 27.9 Å². The van der Waals surface area contributed by atoms with Crippen molar-refractivity contribution in [3.63, 3.8) is 0 Å². The van der Waals surface area contributed by atoms with E-state index in [9.17, 15) is 18.0 Å². The Morgan fingerprint density at radius 1 is 1.25 bits per heavy atom. The molecule has 1 aromatic heterocycles. The highest BCUT2D eigenvalue weighted by Gasteiger charge is 2.38. The molecule has 10 heteroatoms. The Balaban J connectivity index is 0.000000345. The number of aromatic amines is 1. The maximum Gasteiger partial charge on any atom is 0.490 e. The number of hydrogen-bond donors (Lipinski definition) is 3. The van der Waals surface area contributed by atoms with Gasteiger partial charge in [0.15, 0.2) is 0 Å². The molecule has 0 aliphatic heterocycles. The van der Waals surface area contributed by atoms with Crippen molar-refractivity contribution in [1.29, 1.82) is 0 Å². The van der Waals surface area contributed by atoms with Gasteiger partial charge in [0.1, 0.15) is 5.69 Å². The van der Waals surface area contributed by atoms with Crippen LogP contribution in [0, 0.1) is 0 Å². The third kappa shape index (κ3) is 5.39. The van der Waals surface area contributed by atoms with Crippen LogP contribution in [0.15, 0.2) is 24.3 Å². The summed E-state index contributed by atoms with van der Waals surface area (Å²) < 4.78 is 31.7. The molecule has 1 aliphatic rings. The molecule has 0 spiro atoms. The minimum atomic E-state index is -5.08. The third-order valence-electron chi connectivity index (χ3n) is 4.66. The maximum absolute atomic E-state index is 12.7. The summed E-state index contributed by atoms with van der Waals surface area (Å²) in [7, 11) is 1.84. The number of hydrogen-bond acceptors (Lipinski definition) is 3. The van der Waals surface area contributed by atoms with Gasteiger partial charge < -0.3 is 20.7 Å². The van der Waals surface area contributed by atoms with Crippen LogP contribution in [-0.2, 0) is 4.79 Å². The monoisotopic (exact) mass is 419 g/mol. The molecule has 4 N–H and O–H groups in total. The molecule has 1 heterocycles. The Labute approximate surface area is 164 Å². The van der Waals surface area contributed by atoms with Gasteiger partial charge in [0, 0.05) is 35.1 Å². The van der Waals surface area contributed by atoms with E-state index in [0.29, 0.717) is 10.7 Å². The Kier molecular flexibility index (Phi) is 6.95.